The van der Waals surface area contributed by atoms with E-state index in [1.807, 2.05) is 0 Å². The van der Waals surface area contributed by atoms with Gasteiger partial charge in [0.15, 0.2) is 0 Å². The lowest BCUT2D eigenvalue weighted by Gasteiger charge is -2.32. The average Bonchev–Trinajstić information content (AvgIpc) is 2.92. The molecule has 0 heterocycles. The molecule has 35 heavy (non-hydrogen) atoms. The van der Waals surface area contributed by atoms with Crippen LogP contribution < -0.4 is 0 Å². The molecule has 0 radical (unpaired) electrons. The maximum Gasteiger partial charge on any atom is -0.0162 e. The third kappa shape index (κ3) is 8.93. The van der Waals surface area contributed by atoms with Crippen LogP contribution in [0.25, 0.3) is 0 Å². The molecule has 0 aromatic heterocycles. The summed E-state index contributed by atoms with van der Waals surface area (Å²) in [5.41, 5.74) is 3.22. The molecule has 3 saturated carbocycles. The van der Waals surface area contributed by atoms with Gasteiger partial charge in [-0.1, -0.05) is 134 Å². The highest BCUT2D eigenvalue weighted by atomic mass is 14.3. The van der Waals surface area contributed by atoms with Crippen molar-refractivity contribution in [2.75, 3.05) is 0 Å². The molecular formula is C35H58. The molecule has 0 N–H and O–H groups in total. The van der Waals surface area contributed by atoms with Crippen molar-refractivity contribution < 1.29 is 0 Å². The van der Waals surface area contributed by atoms with Crippen LogP contribution in [0.4, 0.5) is 0 Å². The molecule has 3 fully saturated rings. The molecule has 0 aliphatic heterocycles. The summed E-state index contributed by atoms with van der Waals surface area (Å²) in [5.74, 6) is 6.04. The molecule has 198 valence electrons. The second-order valence-electron chi connectivity index (χ2n) is 13.3. The third-order valence-electron chi connectivity index (χ3n) is 10.7. The quantitative estimate of drug-likeness (QED) is 0.280. The van der Waals surface area contributed by atoms with Gasteiger partial charge in [0, 0.05) is 0 Å². The van der Waals surface area contributed by atoms with Gasteiger partial charge in [0.05, 0.1) is 0 Å². The molecule has 0 unspecified atom stereocenters. The molecule has 1 aromatic rings. The Hall–Kier alpha value is -0.780. The van der Waals surface area contributed by atoms with Crippen molar-refractivity contribution in [3.8, 4) is 0 Å². The fourth-order valence-corrected chi connectivity index (χ4v) is 8.10. The monoisotopic (exact) mass is 478 g/mol. The van der Waals surface area contributed by atoms with E-state index in [0.29, 0.717) is 0 Å². The van der Waals surface area contributed by atoms with Crippen LogP contribution in [0.1, 0.15) is 159 Å². The Morgan fingerprint density at radius 2 is 0.943 bits per heavy atom. The lowest BCUT2D eigenvalue weighted by atomic mass is 9.74. The van der Waals surface area contributed by atoms with Gasteiger partial charge in [0.25, 0.3) is 0 Å². The van der Waals surface area contributed by atoms with Crippen molar-refractivity contribution in [2.45, 2.75) is 155 Å². The van der Waals surface area contributed by atoms with Gasteiger partial charge in [0.1, 0.15) is 0 Å². The Bertz CT molecular complexity index is 662. The summed E-state index contributed by atoms with van der Waals surface area (Å²) < 4.78 is 0. The van der Waals surface area contributed by atoms with E-state index < -0.39 is 0 Å². The maximum absolute atomic E-state index is 2.49. The zero-order valence-corrected chi connectivity index (χ0v) is 23.6. The fourth-order valence-electron chi connectivity index (χ4n) is 8.10. The predicted molar refractivity (Wildman–Crippen MR) is 154 cm³/mol. The number of aryl methyl sites for hydroxylation is 1. The van der Waals surface area contributed by atoms with Crippen LogP contribution in [0.3, 0.4) is 0 Å². The highest BCUT2D eigenvalue weighted by Gasteiger charge is 2.25. The van der Waals surface area contributed by atoms with Crippen LogP contribution in [0.2, 0.25) is 0 Å². The molecule has 4 rings (SSSR count). The molecule has 3 aliphatic carbocycles. The molecule has 0 atom stereocenters. The van der Waals surface area contributed by atoms with E-state index >= 15 is 0 Å². The first-order chi connectivity index (χ1) is 17.2. The zero-order valence-electron chi connectivity index (χ0n) is 23.6. The van der Waals surface area contributed by atoms with Crippen LogP contribution >= 0.6 is 0 Å². The smallest absolute Gasteiger partial charge is 0.0162 e. The molecule has 0 bridgehead atoms. The van der Waals surface area contributed by atoms with E-state index in [0.717, 1.165) is 35.5 Å². The summed E-state index contributed by atoms with van der Waals surface area (Å²) in [7, 11) is 0. The summed E-state index contributed by atoms with van der Waals surface area (Å²) in [6.07, 6.45) is 31.0. The van der Waals surface area contributed by atoms with Gasteiger partial charge in [-0.15, -0.1) is 0 Å². The Balaban J connectivity index is 1.08. The lowest BCUT2D eigenvalue weighted by Crippen LogP contribution is -2.18. The van der Waals surface area contributed by atoms with Gasteiger partial charge in [-0.3, -0.25) is 0 Å². The summed E-state index contributed by atoms with van der Waals surface area (Å²) in [5, 5.41) is 0. The molecule has 0 amide bonds. The molecule has 1 aromatic carbocycles. The van der Waals surface area contributed by atoms with Crippen molar-refractivity contribution in [2.24, 2.45) is 29.6 Å². The third-order valence-corrected chi connectivity index (χ3v) is 10.7. The SMILES string of the molecule is CCCCC1CCC(c2ccc(CCC3CCC(CCC4CCC(CCC)CC4)CC3)cc2)CC1. The predicted octanol–water partition coefficient (Wildman–Crippen LogP) is 11.3. The van der Waals surface area contributed by atoms with Crippen LogP contribution in [0.15, 0.2) is 24.3 Å². The minimum Gasteiger partial charge on any atom is -0.0654 e. The Morgan fingerprint density at radius 3 is 1.46 bits per heavy atom. The largest absolute Gasteiger partial charge is 0.0654 e. The molecule has 0 heteroatoms. The molecule has 3 aliphatic rings. The first-order valence-corrected chi connectivity index (χ1v) is 16.3. The summed E-state index contributed by atoms with van der Waals surface area (Å²) in [4.78, 5) is 0. The number of rotatable bonds is 12. The molecule has 0 spiro atoms. The van der Waals surface area contributed by atoms with Gasteiger partial charge in [0.2, 0.25) is 0 Å². The van der Waals surface area contributed by atoms with Crippen LogP contribution in [0, 0.1) is 29.6 Å². The topological polar surface area (TPSA) is 0 Å². The molecular weight excluding hydrogens is 420 g/mol. The molecule has 0 nitrogen and oxygen atoms in total. The highest BCUT2D eigenvalue weighted by molar-refractivity contribution is 5.26. The lowest BCUT2D eigenvalue weighted by molar-refractivity contribution is 0.209. The van der Waals surface area contributed by atoms with Gasteiger partial charge in [-0.25, -0.2) is 0 Å². The maximum atomic E-state index is 2.49. The van der Waals surface area contributed by atoms with E-state index in [1.54, 1.807) is 30.4 Å². The van der Waals surface area contributed by atoms with E-state index in [9.17, 15) is 0 Å². The standard InChI is InChI=1S/C35H58/c1-3-5-7-29-20-24-34(25-21-29)35-26-22-33(23-27-35)19-18-32-16-14-31(15-17-32)13-12-30-10-8-28(6-4-2)9-11-30/h22-23,26-32,34H,3-21,24-25H2,1-2H3. The fraction of sp³-hybridized carbons (Fsp3) is 0.829. The Kier molecular flexibility index (Phi) is 11.6. The van der Waals surface area contributed by atoms with Gasteiger partial charge in [-0.2, -0.15) is 0 Å². The Morgan fingerprint density at radius 1 is 0.486 bits per heavy atom. The van der Waals surface area contributed by atoms with Crippen molar-refractivity contribution in [1.82, 2.24) is 0 Å². The first kappa shape index (κ1) is 27.3. The zero-order chi connectivity index (χ0) is 24.3. The molecule has 0 saturated heterocycles. The van der Waals surface area contributed by atoms with E-state index in [4.69, 9.17) is 0 Å². The first-order valence-electron chi connectivity index (χ1n) is 16.3. The number of hydrogen-bond donors (Lipinski definition) is 0. The number of hydrogen-bond acceptors (Lipinski definition) is 0. The second kappa shape index (κ2) is 14.8. The van der Waals surface area contributed by atoms with Crippen molar-refractivity contribution in [3.05, 3.63) is 35.4 Å². The van der Waals surface area contributed by atoms with Gasteiger partial charge in [-0.05, 0) is 85.2 Å². The van der Waals surface area contributed by atoms with Crippen LogP contribution in [-0.4, -0.2) is 0 Å². The Labute approximate surface area is 219 Å². The number of unbranched alkanes of at least 4 members (excludes halogenated alkanes) is 1. The highest BCUT2D eigenvalue weighted by Crippen LogP contribution is 2.39. The van der Waals surface area contributed by atoms with Crippen molar-refractivity contribution in [3.63, 3.8) is 0 Å². The summed E-state index contributed by atoms with van der Waals surface area (Å²) >= 11 is 0. The normalized spacial score (nSPS) is 31.9. The average molecular weight is 479 g/mol. The van der Waals surface area contributed by atoms with E-state index in [2.05, 4.69) is 38.1 Å². The van der Waals surface area contributed by atoms with Gasteiger partial charge >= 0.3 is 0 Å². The van der Waals surface area contributed by atoms with Crippen LogP contribution in [0.5, 0.6) is 0 Å². The minimum absolute atomic E-state index is 0.837. The van der Waals surface area contributed by atoms with Crippen molar-refractivity contribution in [1.29, 1.82) is 0 Å². The minimum atomic E-state index is 0.837. The second-order valence-corrected chi connectivity index (χ2v) is 13.3. The van der Waals surface area contributed by atoms with E-state index in [-0.39, 0.29) is 0 Å². The summed E-state index contributed by atoms with van der Waals surface area (Å²) in [6, 6.07) is 9.91. The van der Waals surface area contributed by atoms with Crippen molar-refractivity contribution >= 4 is 0 Å². The number of benzene rings is 1. The van der Waals surface area contributed by atoms with Gasteiger partial charge < -0.3 is 0 Å². The van der Waals surface area contributed by atoms with E-state index in [1.165, 1.54) is 116 Å². The summed E-state index contributed by atoms with van der Waals surface area (Å²) in [6.45, 7) is 4.69. The van der Waals surface area contributed by atoms with Crippen LogP contribution in [-0.2, 0) is 6.42 Å².